The molecule has 2 rings (SSSR count). The molecule has 0 radical (unpaired) electrons. The molecule has 1 saturated carbocycles. The quantitative estimate of drug-likeness (QED) is 0.864. The average Bonchev–Trinajstić information content (AvgIpc) is 2.93. The van der Waals surface area contributed by atoms with E-state index in [1.807, 2.05) is 32.9 Å². The fraction of sp³-hybridized carbons (Fsp3) is 0.500. The number of carboxylic acids is 1. The third-order valence-electron chi connectivity index (χ3n) is 3.94. The zero-order valence-electron chi connectivity index (χ0n) is 11.3. The van der Waals surface area contributed by atoms with Crippen LogP contribution in [0.5, 0.6) is 0 Å². The van der Waals surface area contributed by atoms with Crippen LogP contribution in [0.3, 0.4) is 0 Å². The summed E-state index contributed by atoms with van der Waals surface area (Å²) in [5.41, 5.74) is 0.488. The van der Waals surface area contributed by atoms with Gasteiger partial charge < -0.3 is 10.4 Å². The van der Waals surface area contributed by atoms with Gasteiger partial charge in [-0.3, -0.25) is 14.6 Å². The summed E-state index contributed by atoms with van der Waals surface area (Å²) in [6.07, 6.45) is 3.33. The highest BCUT2D eigenvalue weighted by Gasteiger charge is 2.65. The summed E-state index contributed by atoms with van der Waals surface area (Å²) in [6.45, 7) is 5.50. The van der Waals surface area contributed by atoms with E-state index in [0.29, 0.717) is 0 Å². The molecule has 1 aromatic rings. The van der Waals surface area contributed by atoms with Crippen molar-refractivity contribution < 1.29 is 14.7 Å². The minimum Gasteiger partial charge on any atom is -0.481 e. The van der Waals surface area contributed by atoms with Crippen molar-refractivity contribution in [2.75, 3.05) is 0 Å². The van der Waals surface area contributed by atoms with Crippen LogP contribution in [0, 0.1) is 17.3 Å². The second-order valence-corrected chi connectivity index (χ2v) is 5.63. The van der Waals surface area contributed by atoms with Crippen LogP contribution in [0.4, 0.5) is 0 Å². The fourth-order valence-corrected chi connectivity index (χ4v) is 2.63. The Hall–Kier alpha value is -1.91. The summed E-state index contributed by atoms with van der Waals surface area (Å²) < 4.78 is 0. The molecule has 0 saturated heterocycles. The highest BCUT2D eigenvalue weighted by Crippen LogP contribution is 2.58. The first-order valence-corrected chi connectivity index (χ1v) is 6.29. The molecule has 1 aromatic heterocycles. The van der Waals surface area contributed by atoms with E-state index >= 15 is 0 Å². The second-order valence-electron chi connectivity index (χ2n) is 5.63. The average molecular weight is 262 g/mol. The first-order valence-electron chi connectivity index (χ1n) is 6.29. The van der Waals surface area contributed by atoms with E-state index in [-0.39, 0.29) is 11.9 Å². The zero-order chi connectivity index (χ0) is 14.2. The summed E-state index contributed by atoms with van der Waals surface area (Å²) in [5, 5.41) is 11.9. The normalized spacial score (nSPS) is 25.4. The van der Waals surface area contributed by atoms with Gasteiger partial charge in [-0.05, 0) is 30.0 Å². The lowest BCUT2D eigenvalue weighted by Gasteiger charge is -2.14. The molecular weight excluding hydrogens is 244 g/mol. The van der Waals surface area contributed by atoms with Crippen LogP contribution in [0.1, 0.15) is 32.4 Å². The maximum absolute atomic E-state index is 12.1. The Balaban J connectivity index is 2.02. The van der Waals surface area contributed by atoms with Crippen LogP contribution in [0.15, 0.2) is 24.5 Å². The van der Waals surface area contributed by atoms with Crippen LogP contribution in [-0.4, -0.2) is 22.0 Å². The van der Waals surface area contributed by atoms with Crippen molar-refractivity contribution in [2.24, 2.45) is 17.3 Å². The molecule has 0 spiro atoms. The Morgan fingerprint density at radius 2 is 1.89 bits per heavy atom. The van der Waals surface area contributed by atoms with Gasteiger partial charge in [-0.1, -0.05) is 13.8 Å². The van der Waals surface area contributed by atoms with Crippen molar-refractivity contribution in [1.29, 1.82) is 0 Å². The van der Waals surface area contributed by atoms with E-state index in [1.165, 1.54) is 0 Å². The van der Waals surface area contributed by atoms with Crippen molar-refractivity contribution in [3.05, 3.63) is 30.1 Å². The van der Waals surface area contributed by atoms with E-state index in [2.05, 4.69) is 10.3 Å². The monoisotopic (exact) mass is 262 g/mol. The lowest BCUT2D eigenvalue weighted by Crippen LogP contribution is -2.30. The van der Waals surface area contributed by atoms with Crippen LogP contribution >= 0.6 is 0 Å². The molecule has 2 unspecified atom stereocenters. The van der Waals surface area contributed by atoms with Crippen molar-refractivity contribution in [3.63, 3.8) is 0 Å². The molecule has 5 nitrogen and oxygen atoms in total. The number of carbonyl (C=O) groups is 2. The SMILES string of the molecule is C[C@H](NC(=O)C1C(C(=O)O)C1(C)C)c1ccncc1. The molecule has 1 fully saturated rings. The Morgan fingerprint density at radius 1 is 1.32 bits per heavy atom. The second kappa shape index (κ2) is 4.64. The molecule has 5 heteroatoms. The Bertz CT molecular complexity index is 499. The molecular formula is C14H18N2O3. The smallest absolute Gasteiger partial charge is 0.307 e. The summed E-state index contributed by atoms with van der Waals surface area (Å²) in [7, 11) is 0. The lowest BCUT2D eigenvalue weighted by molar-refractivity contribution is -0.140. The van der Waals surface area contributed by atoms with Gasteiger partial charge in [0.1, 0.15) is 0 Å². The van der Waals surface area contributed by atoms with Crippen molar-refractivity contribution in [1.82, 2.24) is 10.3 Å². The number of carbonyl (C=O) groups excluding carboxylic acids is 1. The van der Waals surface area contributed by atoms with E-state index < -0.39 is 23.2 Å². The molecule has 19 heavy (non-hydrogen) atoms. The molecule has 0 aromatic carbocycles. The number of aromatic nitrogens is 1. The van der Waals surface area contributed by atoms with Gasteiger partial charge in [-0.2, -0.15) is 0 Å². The number of pyridine rings is 1. The minimum absolute atomic E-state index is 0.152. The minimum atomic E-state index is -0.901. The predicted octanol–water partition coefficient (Wildman–Crippen LogP) is 1.62. The van der Waals surface area contributed by atoms with Gasteiger partial charge in [0.2, 0.25) is 5.91 Å². The summed E-state index contributed by atoms with van der Waals surface area (Å²) in [6, 6.07) is 3.51. The third kappa shape index (κ3) is 2.45. The van der Waals surface area contributed by atoms with Crippen molar-refractivity contribution in [3.8, 4) is 0 Å². The largest absolute Gasteiger partial charge is 0.481 e. The van der Waals surface area contributed by atoms with E-state index in [0.717, 1.165) is 5.56 Å². The van der Waals surface area contributed by atoms with E-state index in [9.17, 15) is 9.59 Å². The molecule has 3 atom stereocenters. The lowest BCUT2D eigenvalue weighted by atomic mass is 10.1. The molecule has 2 N–H and O–H groups in total. The number of hydrogen-bond donors (Lipinski definition) is 2. The Morgan fingerprint density at radius 3 is 2.37 bits per heavy atom. The maximum Gasteiger partial charge on any atom is 0.307 e. The van der Waals surface area contributed by atoms with Gasteiger partial charge in [0.05, 0.1) is 17.9 Å². The topological polar surface area (TPSA) is 79.3 Å². The van der Waals surface area contributed by atoms with Crippen LogP contribution < -0.4 is 5.32 Å². The fourth-order valence-electron chi connectivity index (χ4n) is 2.63. The molecule has 0 aliphatic heterocycles. The number of aliphatic carboxylic acids is 1. The van der Waals surface area contributed by atoms with Gasteiger partial charge in [0.15, 0.2) is 0 Å². The number of nitrogens with zero attached hydrogens (tertiary/aromatic N) is 1. The molecule has 102 valence electrons. The summed E-state index contributed by atoms with van der Waals surface area (Å²) in [4.78, 5) is 27.1. The van der Waals surface area contributed by atoms with Gasteiger partial charge in [0, 0.05) is 12.4 Å². The van der Waals surface area contributed by atoms with Crippen LogP contribution in [0.25, 0.3) is 0 Å². The maximum atomic E-state index is 12.1. The van der Waals surface area contributed by atoms with Crippen LogP contribution in [0.2, 0.25) is 0 Å². The van der Waals surface area contributed by atoms with Gasteiger partial charge in [0.25, 0.3) is 0 Å². The third-order valence-corrected chi connectivity index (χ3v) is 3.94. The zero-order valence-corrected chi connectivity index (χ0v) is 11.3. The first-order chi connectivity index (χ1) is 8.85. The molecule has 1 heterocycles. The first kappa shape index (κ1) is 13.5. The number of hydrogen-bond acceptors (Lipinski definition) is 3. The summed E-state index contributed by atoms with van der Waals surface area (Å²) in [5.74, 6) is -2.13. The summed E-state index contributed by atoms with van der Waals surface area (Å²) >= 11 is 0. The standard InChI is InChI=1S/C14H18N2O3/c1-8(9-4-6-15-7-5-9)16-12(17)10-11(13(18)19)14(10,2)3/h4-8,10-11H,1-3H3,(H,16,17)(H,18,19)/t8-,10?,11?/m0/s1. The predicted molar refractivity (Wildman–Crippen MR) is 69.2 cm³/mol. The van der Waals surface area contributed by atoms with Gasteiger partial charge >= 0.3 is 5.97 Å². The molecule has 0 bridgehead atoms. The highest BCUT2D eigenvalue weighted by atomic mass is 16.4. The molecule has 1 aliphatic rings. The Labute approximate surface area is 112 Å². The van der Waals surface area contributed by atoms with E-state index in [1.54, 1.807) is 12.4 Å². The Kier molecular flexibility index (Phi) is 3.30. The van der Waals surface area contributed by atoms with Gasteiger partial charge in [-0.25, -0.2) is 0 Å². The highest BCUT2D eigenvalue weighted by molar-refractivity contribution is 5.91. The van der Waals surface area contributed by atoms with Crippen molar-refractivity contribution >= 4 is 11.9 Å². The van der Waals surface area contributed by atoms with E-state index in [4.69, 9.17) is 5.11 Å². The molecule has 1 amide bonds. The molecule has 1 aliphatic carbocycles. The number of amides is 1. The van der Waals surface area contributed by atoms with Crippen molar-refractivity contribution in [2.45, 2.75) is 26.8 Å². The van der Waals surface area contributed by atoms with Gasteiger partial charge in [-0.15, -0.1) is 0 Å². The number of nitrogens with one attached hydrogen (secondary N) is 1. The number of rotatable bonds is 4. The number of carboxylic acid groups (broad SMARTS) is 1. The van der Waals surface area contributed by atoms with Crippen LogP contribution in [-0.2, 0) is 9.59 Å².